The lowest BCUT2D eigenvalue weighted by molar-refractivity contribution is -0.138. The van der Waals surface area contributed by atoms with E-state index in [4.69, 9.17) is 10.8 Å². The molecule has 0 aliphatic rings. The van der Waals surface area contributed by atoms with Gasteiger partial charge in [-0.1, -0.05) is 13.8 Å². The number of carboxylic acid groups (broad SMARTS) is 1. The highest BCUT2D eigenvalue weighted by atomic mass is 16.4. The second kappa shape index (κ2) is 10.1. The van der Waals surface area contributed by atoms with Crippen molar-refractivity contribution < 1.29 is 24.3 Å². The Labute approximate surface area is 150 Å². The quantitative estimate of drug-likeness (QED) is 0.269. The molecule has 0 aliphatic carbocycles. The van der Waals surface area contributed by atoms with Gasteiger partial charge in [0.2, 0.25) is 17.7 Å². The van der Waals surface area contributed by atoms with Crippen molar-refractivity contribution in [3.8, 4) is 0 Å². The molecule has 11 nitrogen and oxygen atoms in total. The Morgan fingerprint density at radius 2 is 1.92 bits per heavy atom. The summed E-state index contributed by atoms with van der Waals surface area (Å²) in [6.07, 6.45) is 3.07. The van der Waals surface area contributed by atoms with Crippen LogP contribution < -0.4 is 21.7 Å². The van der Waals surface area contributed by atoms with Gasteiger partial charge in [-0.2, -0.15) is 0 Å². The first kappa shape index (κ1) is 21.1. The van der Waals surface area contributed by atoms with E-state index in [1.165, 1.54) is 12.5 Å². The van der Waals surface area contributed by atoms with Crippen molar-refractivity contribution in [3.63, 3.8) is 0 Å². The molecule has 2 unspecified atom stereocenters. The molecule has 0 bridgehead atoms. The summed E-state index contributed by atoms with van der Waals surface area (Å²) in [4.78, 5) is 53.6. The van der Waals surface area contributed by atoms with E-state index in [1.54, 1.807) is 13.8 Å². The van der Waals surface area contributed by atoms with Crippen LogP contribution in [0.15, 0.2) is 12.5 Å². The summed E-state index contributed by atoms with van der Waals surface area (Å²) in [5, 5.41) is 15.9. The average Bonchev–Trinajstić information content (AvgIpc) is 3.09. The Morgan fingerprint density at radius 1 is 1.23 bits per heavy atom. The molecule has 0 saturated carbocycles. The highest BCUT2D eigenvalue weighted by Crippen LogP contribution is 2.05. The number of nitrogens with two attached hydrogens (primary N) is 1. The van der Waals surface area contributed by atoms with E-state index >= 15 is 0 Å². The van der Waals surface area contributed by atoms with E-state index in [2.05, 4.69) is 25.9 Å². The zero-order valence-corrected chi connectivity index (χ0v) is 14.6. The minimum Gasteiger partial charge on any atom is -0.480 e. The molecule has 1 aromatic rings. The summed E-state index contributed by atoms with van der Waals surface area (Å²) in [7, 11) is 0. The van der Waals surface area contributed by atoms with Gasteiger partial charge in [-0.15, -0.1) is 0 Å². The second-order valence-electron chi connectivity index (χ2n) is 5.95. The van der Waals surface area contributed by atoms with Gasteiger partial charge in [0.15, 0.2) is 0 Å². The monoisotopic (exact) mass is 368 g/mol. The number of amides is 3. The molecule has 0 aliphatic heterocycles. The predicted octanol–water partition coefficient (Wildman–Crippen LogP) is -2.26. The first-order valence-corrected chi connectivity index (χ1v) is 8.01. The van der Waals surface area contributed by atoms with Crippen LogP contribution in [0.1, 0.15) is 19.5 Å². The van der Waals surface area contributed by atoms with Crippen molar-refractivity contribution in [2.24, 2.45) is 11.7 Å². The highest BCUT2D eigenvalue weighted by molar-refractivity contribution is 5.93. The van der Waals surface area contributed by atoms with Crippen LogP contribution in [0.5, 0.6) is 0 Å². The first-order valence-electron chi connectivity index (χ1n) is 8.01. The van der Waals surface area contributed by atoms with Crippen LogP contribution in [0.25, 0.3) is 0 Å². The number of nitrogens with one attached hydrogen (secondary N) is 4. The van der Waals surface area contributed by atoms with Gasteiger partial charge >= 0.3 is 5.97 Å². The molecule has 0 saturated heterocycles. The van der Waals surface area contributed by atoms with E-state index in [1.807, 2.05) is 0 Å². The molecule has 26 heavy (non-hydrogen) atoms. The zero-order chi connectivity index (χ0) is 19.7. The van der Waals surface area contributed by atoms with Crippen molar-refractivity contribution in [2.45, 2.75) is 32.4 Å². The number of nitrogens with zero attached hydrogens (tertiary/aromatic N) is 1. The topological polar surface area (TPSA) is 179 Å². The minimum atomic E-state index is -1.19. The summed E-state index contributed by atoms with van der Waals surface area (Å²) in [6, 6.07) is -1.93. The maximum absolute atomic E-state index is 12.6. The standard InChI is InChI=1S/C15H24N6O5/c1-8(2)13(15(26)18-6-12(23)24)21-14(25)10(20-11(22)4-16)3-9-5-17-7-19-9/h5,7-8,10,13H,3-4,6,16H2,1-2H3,(H,17,19)(H,18,26)(H,20,22)(H,21,25)(H,23,24). The average molecular weight is 368 g/mol. The van der Waals surface area contributed by atoms with Crippen LogP contribution in [0.4, 0.5) is 0 Å². The molecule has 0 fully saturated rings. The van der Waals surface area contributed by atoms with Crippen LogP contribution in [0.3, 0.4) is 0 Å². The molecule has 144 valence electrons. The van der Waals surface area contributed by atoms with Gasteiger partial charge in [-0.3, -0.25) is 19.2 Å². The Balaban J connectivity index is 2.84. The fraction of sp³-hybridized carbons (Fsp3) is 0.533. The highest BCUT2D eigenvalue weighted by Gasteiger charge is 2.29. The SMILES string of the molecule is CC(C)C(NC(=O)C(Cc1cnc[nH]1)NC(=O)CN)C(=O)NCC(=O)O. The number of H-pyrrole nitrogens is 1. The van der Waals surface area contributed by atoms with Crippen molar-refractivity contribution in [3.05, 3.63) is 18.2 Å². The Morgan fingerprint density at radius 3 is 2.42 bits per heavy atom. The molecule has 3 amide bonds. The fourth-order valence-electron chi connectivity index (χ4n) is 2.14. The van der Waals surface area contributed by atoms with Crippen LogP contribution in [-0.4, -0.2) is 63.9 Å². The molecule has 1 aromatic heterocycles. The molecule has 0 aromatic carbocycles. The number of carboxylic acids is 1. The normalized spacial score (nSPS) is 12.9. The van der Waals surface area contributed by atoms with Crippen LogP contribution in [-0.2, 0) is 25.6 Å². The maximum Gasteiger partial charge on any atom is 0.322 e. The number of aromatic nitrogens is 2. The Bertz CT molecular complexity index is 630. The van der Waals surface area contributed by atoms with E-state index in [9.17, 15) is 19.2 Å². The first-order chi connectivity index (χ1) is 12.2. The van der Waals surface area contributed by atoms with E-state index < -0.39 is 42.3 Å². The summed E-state index contributed by atoms with van der Waals surface area (Å²) < 4.78 is 0. The molecule has 0 spiro atoms. The predicted molar refractivity (Wildman–Crippen MR) is 90.7 cm³/mol. The summed E-state index contributed by atoms with van der Waals surface area (Å²) in [5.41, 5.74) is 5.89. The van der Waals surface area contributed by atoms with Crippen molar-refractivity contribution >= 4 is 23.7 Å². The number of aromatic amines is 1. The lowest BCUT2D eigenvalue weighted by atomic mass is 10.0. The largest absolute Gasteiger partial charge is 0.480 e. The molecule has 2 atom stereocenters. The Kier molecular flexibility index (Phi) is 8.22. The smallest absolute Gasteiger partial charge is 0.322 e. The fourth-order valence-corrected chi connectivity index (χ4v) is 2.14. The number of hydrogen-bond donors (Lipinski definition) is 6. The molecule has 1 rings (SSSR count). The molecule has 11 heteroatoms. The molecular formula is C15H24N6O5. The summed E-state index contributed by atoms with van der Waals surface area (Å²) in [6.45, 7) is 2.56. The second-order valence-corrected chi connectivity index (χ2v) is 5.95. The number of aliphatic carboxylic acids is 1. The number of carbonyl (C=O) groups excluding carboxylic acids is 3. The van der Waals surface area contributed by atoms with E-state index in [0.717, 1.165) is 0 Å². The Hall–Kier alpha value is -2.95. The number of imidazole rings is 1. The maximum atomic E-state index is 12.6. The van der Waals surface area contributed by atoms with Gasteiger partial charge in [-0.25, -0.2) is 4.98 Å². The van der Waals surface area contributed by atoms with Crippen molar-refractivity contribution in [2.75, 3.05) is 13.1 Å². The van der Waals surface area contributed by atoms with Gasteiger partial charge in [0.1, 0.15) is 18.6 Å². The van der Waals surface area contributed by atoms with Crippen LogP contribution in [0, 0.1) is 5.92 Å². The van der Waals surface area contributed by atoms with E-state index in [-0.39, 0.29) is 18.9 Å². The van der Waals surface area contributed by atoms with Gasteiger partial charge in [-0.05, 0) is 5.92 Å². The van der Waals surface area contributed by atoms with Gasteiger partial charge in [0.05, 0.1) is 12.9 Å². The van der Waals surface area contributed by atoms with Crippen molar-refractivity contribution in [1.82, 2.24) is 25.9 Å². The van der Waals surface area contributed by atoms with Gasteiger partial charge < -0.3 is 31.8 Å². The lowest BCUT2D eigenvalue weighted by Crippen LogP contribution is -2.56. The zero-order valence-electron chi connectivity index (χ0n) is 14.6. The third-order valence-corrected chi connectivity index (χ3v) is 3.48. The number of carbonyl (C=O) groups is 4. The third kappa shape index (κ3) is 6.89. The van der Waals surface area contributed by atoms with Gasteiger partial charge in [0.25, 0.3) is 0 Å². The number of rotatable bonds is 10. The summed E-state index contributed by atoms with van der Waals surface area (Å²) in [5.74, 6) is -3.24. The summed E-state index contributed by atoms with van der Waals surface area (Å²) >= 11 is 0. The molecule has 7 N–H and O–H groups in total. The van der Waals surface area contributed by atoms with Crippen molar-refractivity contribution in [1.29, 1.82) is 0 Å². The molecule has 1 heterocycles. The van der Waals surface area contributed by atoms with Crippen LogP contribution >= 0.6 is 0 Å². The number of hydrogen-bond acceptors (Lipinski definition) is 6. The molecule has 0 radical (unpaired) electrons. The van der Waals surface area contributed by atoms with Gasteiger partial charge in [0, 0.05) is 18.3 Å². The third-order valence-electron chi connectivity index (χ3n) is 3.48. The minimum absolute atomic E-state index is 0.124. The van der Waals surface area contributed by atoms with Crippen LogP contribution in [0.2, 0.25) is 0 Å². The lowest BCUT2D eigenvalue weighted by Gasteiger charge is -2.25. The molecular weight excluding hydrogens is 344 g/mol. The van der Waals surface area contributed by atoms with E-state index in [0.29, 0.717) is 5.69 Å².